The van der Waals surface area contributed by atoms with Crippen LogP contribution in [0.25, 0.3) is 0 Å². The van der Waals surface area contributed by atoms with Crippen molar-refractivity contribution in [1.29, 1.82) is 5.26 Å². The molecule has 0 aliphatic heterocycles. The van der Waals surface area contributed by atoms with E-state index in [9.17, 15) is 0 Å². The van der Waals surface area contributed by atoms with Crippen LogP contribution in [0.2, 0.25) is 0 Å². The number of para-hydroxylation sites is 1. The van der Waals surface area contributed by atoms with Crippen molar-refractivity contribution in [3.8, 4) is 17.7 Å². The Labute approximate surface area is 141 Å². The first-order valence-electron chi connectivity index (χ1n) is 7.71. The lowest BCUT2D eigenvalue weighted by Gasteiger charge is -2.07. The summed E-state index contributed by atoms with van der Waals surface area (Å²) in [6.45, 7) is 1.41. The number of hydrogen-bond acceptors (Lipinski definition) is 4. The van der Waals surface area contributed by atoms with Crippen molar-refractivity contribution in [3.05, 3.63) is 89.6 Å². The Morgan fingerprint density at radius 2 is 1.75 bits per heavy atom. The van der Waals surface area contributed by atoms with E-state index in [-0.39, 0.29) is 0 Å². The topological polar surface area (TPSA) is 57.9 Å². The third-order valence-electron chi connectivity index (χ3n) is 3.48. The van der Waals surface area contributed by atoms with Crippen LogP contribution < -0.4 is 10.1 Å². The smallest absolute Gasteiger partial charge is 0.219 e. The van der Waals surface area contributed by atoms with Crippen LogP contribution in [-0.2, 0) is 13.1 Å². The zero-order chi connectivity index (χ0) is 16.6. The zero-order valence-electron chi connectivity index (χ0n) is 13.1. The van der Waals surface area contributed by atoms with Crippen molar-refractivity contribution in [2.75, 3.05) is 0 Å². The molecule has 1 N–H and O–H groups in total. The maximum absolute atomic E-state index is 8.91. The van der Waals surface area contributed by atoms with E-state index >= 15 is 0 Å². The van der Waals surface area contributed by atoms with Gasteiger partial charge < -0.3 is 10.1 Å². The second-order valence-electron chi connectivity index (χ2n) is 5.34. The van der Waals surface area contributed by atoms with Gasteiger partial charge in [-0.25, -0.2) is 4.98 Å². The van der Waals surface area contributed by atoms with Crippen LogP contribution in [-0.4, -0.2) is 4.98 Å². The van der Waals surface area contributed by atoms with Gasteiger partial charge in [-0.05, 0) is 35.4 Å². The van der Waals surface area contributed by atoms with Gasteiger partial charge in [0, 0.05) is 25.4 Å². The third-order valence-corrected chi connectivity index (χ3v) is 3.48. The molecular weight excluding hydrogens is 298 g/mol. The van der Waals surface area contributed by atoms with E-state index in [1.54, 1.807) is 12.3 Å². The number of nitrogens with zero attached hydrogens (tertiary/aromatic N) is 2. The first kappa shape index (κ1) is 15.7. The maximum Gasteiger partial charge on any atom is 0.219 e. The number of pyridine rings is 1. The molecular formula is C20H17N3O. The second kappa shape index (κ2) is 7.91. The number of rotatable bonds is 6. The summed E-state index contributed by atoms with van der Waals surface area (Å²) in [6.07, 6.45) is 1.80. The summed E-state index contributed by atoms with van der Waals surface area (Å²) < 4.78 is 5.67. The SMILES string of the molecule is N#Cc1cccc(CNCc2ccc(Oc3ccccc3)nc2)c1. The molecule has 3 rings (SSSR count). The van der Waals surface area contributed by atoms with Crippen LogP contribution in [0, 0.1) is 11.3 Å². The van der Waals surface area contributed by atoms with Crippen molar-refractivity contribution in [1.82, 2.24) is 10.3 Å². The minimum atomic E-state index is 0.576. The minimum Gasteiger partial charge on any atom is -0.439 e. The molecule has 4 nitrogen and oxygen atoms in total. The van der Waals surface area contributed by atoms with Gasteiger partial charge >= 0.3 is 0 Å². The number of nitrogens with one attached hydrogen (secondary N) is 1. The Balaban J connectivity index is 1.52. The fourth-order valence-corrected chi connectivity index (χ4v) is 2.29. The first-order chi connectivity index (χ1) is 11.8. The van der Waals surface area contributed by atoms with Gasteiger partial charge in [-0.15, -0.1) is 0 Å². The highest BCUT2D eigenvalue weighted by Gasteiger charge is 2.00. The van der Waals surface area contributed by atoms with Crippen LogP contribution in [0.5, 0.6) is 11.6 Å². The van der Waals surface area contributed by atoms with Gasteiger partial charge in [0.25, 0.3) is 0 Å². The Kier molecular flexibility index (Phi) is 5.18. The molecule has 1 aromatic heterocycles. The fourth-order valence-electron chi connectivity index (χ4n) is 2.29. The van der Waals surface area contributed by atoms with Gasteiger partial charge in [0.15, 0.2) is 0 Å². The highest BCUT2D eigenvalue weighted by Crippen LogP contribution is 2.18. The zero-order valence-corrected chi connectivity index (χ0v) is 13.1. The third kappa shape index (κ3) is 4.42. The Morgan fingerprint density at radius 3 is 2.50 bits per heavy atom. The molecule has 0 fully saturated rings. The molecule has 0 bridgehead atoms. The number of ether oxygens (including phenoxy) is 1. The molecule has 0 unspecified atom stereocenters. The normalized spacial score (nSPS) is 10.1. The van der Waals surface area contributed by atoms with Gasteiger partial charge in [-0.1, -0.05) is 36.4 Å². The Hall–Kier alpha value is -3.16. The predicted octanol–water partition coefficient (Wildman–Crippen LogP) is 4.04. The molecule has 0 spiro atoms. The molecule has 0 amide bonds. The largest absolute Gasteiger partial charge is 0.439 e. The number of aromatic nitrogens is 1. The highest BCUT2D eigenvalue weighted by molar-refractivity contribution is 5.32. The van der Waals surface area contributed by atoms with Gasteiger partial charge in [0.1, 0.15) is 5.75 Å². The number of nitriles is 1. The monoisotopic (exact) mass is 315 g/mol. The van der Waals surface area contributed by atoms with E-state index in [0.29, 0.717) is 24.5 Å². The second-order valence-corrected chi connectivity index (χ2v) is 5.34. The molecule has 0 atom stereocenters. The van der Waals surface area contributed by atoms with Gasteiger partial charge in [-0.2, -0.15) is 5.26 Å². The fraction of sp³-hybridized carbons (Fsp3) is 0.100. The lowest BCUT2D eigenvalue weighted by molar-refractivity contribution is 0.462. The molecule has 0 aliphatic rings. The average molecular weight is 315 g/mol. The number of benzene rings is 2. The quantitative estimate of drug-likeness (QED) is 0.746. The molecule has 1 heterocycles. The minimum absolute atomic E-state index is 0.576. The van der Waals surface area contributed by atoms with Crippen molar-refractivity contribution in [2.45, 2.75) is 13.1 Å². The molecule has 0 saturated carbocycles. The van der Waals surface area contributed by atoms with E-state index < -0.39 is 0 Å². The van der Waals surface area contributed by atoms with Crippen LogP contribution in [0.3, 0.4) is 0 Å². The van der Waals surface area contributed by atoms with E-state index in [2.05, 4.69) is 16.4 Å². The lowest BCUT2D eigenvalue weighted by Crippen LogP contribution is -2.12. The van der Waals surface area contributed by atoms with E-state index in [1.165, 1.54) is 0 Å². The molecule has 0 aliphatic carbocycles. The summed E-state index contributed by atoms with van der Waals surface area (Å²) in [5.74, 6) is 1.35. The van der Waals surface area contributed by atoms with Gasteiger partial charge in [-0.3, -0.25) is 0 Å². The number of hydrogen-bond donors (Lipinski definition) is 1. The molecule has 3 aromatic rings. The standard InChI is InChI=1S/C20H17N3O/c21-12-16-5-4-6-17(11-16)13-22-14-18-9-10-20(23-15-18)24-19-7-2-1-3-8-19/h1-11,15,22H,13-14H2. The summed E-state index contributed by atoms with van der Waals surface area (Å²) >= 11 is 0. The molecule has 24 heavy (non-hydrogen) atoms. The van der Waals surface area contributed by atoms with Crippen molar-refractivity contribution < 1.29 is 4.74 Å². The summed E-state index contributed by atoms with van der Waals surface area (Å²) in [5, 5.41) is 12.3. The van der Waals surface area contributed by atoms with E-state index in [1.807, 2.05) is 60.7 Å². The maximum atomic E-state index is 8.91. The highest BCUT2D eigenvalue weighted by atomic mass is 16.5. The van der Waals surface area contributed by atoms with Crippen LogP contribution in [0.4, 0.5) is 0 Å². The van der Waals surface area contributed by atoms with Gasteiger partial charge in [0.2, 0.25) is 5.88 Å². The molecule has 4 heteroatoms. The summed E-state index contributed by atoms with van der Waals surface area (Å²) in [6, 6.07) is 23.2. The summed E-state index contributed by atoms with van der Waals surface area (Å²) in [4.78, 5) is 4.32. The van der Waals surface area contributed by atoms with Crippen molar-refractivity contribution >= 4 is 0 Å². The Bertz CT molecular complexity index is 824. The van der Waals surface area contributed by atoms with Crippen LogP contribution in [0.15, 0.2) is 72.9 Å². The van der Waals surface area contributed by atoms with E-state index in [4.69, 9.17) is 10.00 Å². The van der Waals surface area contributed by atoms with Crippen molar-refractivity contribution in [3.63, 3.8) is 0 Å². The first-order valence-corrected chi connectivity index (χ1v) is 7.71. The average Bonchev–Trinajstić information content (AvgIpc) is 2.64. The van der Waals surface area contributed by atoms with Crippen LogP contribution >= 0.6 is 0 Å². The molecule has 2 aromatic carbocycles. The Morgan fingerprint density at radius 1 is 0.917 bits per heavy atom. The lowest BCUT2D eigenvalue weighted by atomic mass is 10.1. The molecule has 0 radical (unpaired) electrons. The van der Waals surface area contributed by atoms with E-state index in [0.717, 1.165) is 16.9 Å². The molecule has 0 saturated heterocycles. The van der Waals surface area contributed by atoms with Crippen molar-refractivity contribution in [2.24, 2.45) is 0 Å². The predicted molar refractivity (Wildman–Crippen MR) is 92.5 cm³/mol. The van der Waals surface area contributed by atoms with Crippen LogP contribution in [0.1, 0.15) is 16.7 Å². The summed E-state index contributed by atoms with van der Waals surface area (Å²) in [7, 11) is 0. The van der Waals surface area contributed by atoms with Gasteiger partial charge in [0.05, 0.1) is 11.6 Å². The molecule has 118 valence electrons. The summed E-state index contributed by atoms with van der Waals surface area (Å²) in [5.41, 5.74) is 2.84.